The lowest BCUT2D eigenvalue weighted by molar-refractivity contribution is -0.137. The average Bonchev–Trinajstić information content (AvgIpc) is 2.42. The number of unbranched alkanes of at least 4 members (excludes halogenated alkanes) is 2. The van der Waals surface area contributed by atoms with Crippen LogP contribution in [0.3, 0.4) is 0 Å². The average molecular weight is 266 g/mol. The molecule has 0 atom stereocenters. The fourth-order valence-electron chi connectivity index (χ4n) is 1.79. The van der Waals surface area contributed by atoms with Crippen molar-refractivity contribution in [1.82, 2.24) is 0 Å². The Morgan fingerprint density at radius 3 is 2.63 bits per heavy atom. The van der Waals surface area contributed by atoms with Crippen LogP contribution in [-0.2, 0) is 11.2 Å². The largest absolute Gasteiger partial charge is 0.493 e. The summed E-state index contributed by atoms with van der Waals surface area (Å²) in [7, 11) is 1.63. The summed E-state index contributed by atoms with van der Waals surface area (Å²) in [5, 5.41) is 8.52. The molecule has 0 aliphatic carbocycles. The molecule has 0 heterocycles. The highest BCUT2D eigenvalue weighted by Gasteiger charge is 2.05. The molecule has 0 spiro atoms. The minimum Gasteiger partial charge on any atom is -0.493 e. The first-order chi connectivity index (χ1) is 9.17. The van der Waals surface area contributed by atoms with Crippen molar-refractivity contribution in [2.45, 2.75) is 39.0 Å². The van der Waals surface area contributed by atoms with E-state index in [-0.39, 0.29) is 6.42 Å². The summed E-state index contributed by atoms with van der Waals surface area (Å²) < 4.78 is 11.0. The Morgan fingerprint density at radius 1 is 1.21 bits per heavy atom. The molecule has 0 saturated carbocycles. The Balaban J connectivity index is 2.34. The highest BCUT2D eigenvalue weighted by atomic mass is 16.5. The fraction of sp³-hybridized carbons (Fsp3) is 0.533. The molecule has 0 fully saturated rings. The molecule has 0 bridgehead atoms. The van der Waals surface area contributed by atoms with E-state index in [1.807, 2.05) is 18.2 Å². The van der Waals surface area contributed by atoms with Crippen LogP contribution in [0.15, 0.2) is 18.2 Å². The number of hydrogen-bond donors (Lipinski definition) is 1. The van der Waals surface area contributed by atoms with Crippen LogP contribution in [0.25, 0.3) is 0 Å². The number of aliphatic carboxylic acids is 1. The van der Waals surface area contributed by atoms with Gasteiger partial charge in [-0.05, 0) is 43.4 Å². The second-order valence-corrected chi connectivity index (χ2v) is 4.39. The van der Waals surface area contributed by atoms with Gasteiger partial charge in [-0.25, -0.2) is 0 Å². The second-order valence-electron chi connectivity index (χ2n) is 4.39. The maximum atomic E-state index is 10.3. The minimum absolute atomic E-state index is 0.231. The number of benzene rings is 1. The molecule has 106 valence electrons. The highest BCUT2D eigenvalue weighted by Crippen LogP contribution is 2.28. The van der Waals surface area contributed by atoms with Gasteiger partial charge in [-0.3, -0.25) is 4.79 Å². The van der Waals surface area contributed by atoms with Crippen LogP contribution in [0.2, 0.25) is 0 Å². The van der Waals surface area contributed by atoms with Crippen molar-refractivity contribution in [3.05, 3.63) is 23.8 Å². The summed E-state index contributed by atoms with van der Waals surface area (Å²) in [4.78, 5) is 10.3. The number of ether oxygens (including phenoxy) is 2. The molecule has 1 rings (SSSR count). The van der Waals surface area contributed by atoms with Gasteiger partial charge in [-0.1, -0.05) is 13.0 Å². The summed E-state index contributed by atoms with van der Waals surface area (Å²) in [6.45, 7) is 2.68. The first-order valence-electron chi connectivity index (χ1n) is 6.69. The van der Waals surface area contributed by atoms with Gasteiger partial charge in [-0.2, -0.15) is 0 Å². The van der Waals surface area contributed by atoms with Crippen molar-refractivity contribution >= 4 is 5.97 Å². The van der Waals surface area contributed by atoms with E-state index in [1.54, 1.807) is 7.11 Å². The van der Waals surface area contributed by atoms with E-state index in [4.69, 9.17) is 14.6 Å². The number of rotatable bonds is 9. The van der Waals surface area contributed by atoms with Gasteiger partial charge < -0.3 is 14.6 Å². The van der Waals surface area contributed by atoms with Gasteiger partial charge in [0.1, 0.15) is 0 Å². The molecule has 1 N–H and O–H groups in total. The molecule has 4 nitrogen and oxygen atoms in total. The predicted octanol–water partition coefficient (Wildman–Crippen LogP) is 3.28. The number of carboxylic acids is 1. The highest BCUT2D eigenvalue weighted by molar-refractivity contribution is 5.66. The van der Waals surface area contributed by atoms with E-state index in [0.29, 0.717) is 13.0 Å². The third-order valence-corrected chi connectivity index (χ3v) is 2.93. The van der Waals surface area contributed by atoms with Crippen LogP contribution in [-0.4, -0.2) is 24.8 Å². The Hall–Kier alpha value is -1.71. The van der Waals surface area contributed by atoms with Crippen LogP contribution in [0, 0.1) is 0 Å². The second kappa shape index (κ2) is 8.40. The van der Waals surface area contributed by atoms with E-state index in [0.717, 1.165) is 30.8 Å². The first kappa shape index (κ1) is 15.3. The molecule has 1 aromatic carbocycles. The van der Waals surface area contributed by atoms with Crippen molar-refractivity contribution in [1.29, 1.82) is 0 Å². The van der Waals surface area contributed by atoms with E-state index in [2.05, 4.69) is 6.92 Å². The quantitative estimate of drug-likeness (QED) is 0.697. The lowest BCUT2D eigenvalue weighted by Crippen LogP contribution is -2.01. The summed E-state index contributed by atoms with van der Waals surface area (Å²) in [6.07, 6.45) is 3.61. The van der Waals surface area contributed by atoms with Crippen molar-refractivity contribution < 1.29 is 19.4 Å². The maximum absolute atomic E-state index is 10.3. The standard InChI is InChI=1S/C15H22O4/c1-3-12-8-9-13(14(11-12)18-2)19-10-6-4-5-7-15(16)17/h8-9,11H,3-7,10H2,1-2H3,(H,16,17). The van der Waals surface area contributed by atoms with Crippen LogP contribution in [0.5, 0.6) is 11.5 Å². The van der Waals surface area contributed by atoms with Gasteiger partial charge in [-0.15, -0.1) is 0 Å². The van der Waals surface area contributed by atoms with Crippen LogP contribution >= 0.6 is 0 Å². The van der Waals surface area contributed by atoms with Gasteiger partial charge in [0.05, 0.1) is 13.7 Å². The number of carbonyl (C=O) groups is 1. The van der Waals surface area contributed by atoms with Crippen molar-refractivity contribution in [3.8, 4) is 11.5 Å². The van der Waals surface area contributed by atoms with Crippen molar-refractivity contribution in [3.63, 3.8) is 0 Å². The maximum Gasteiger partial charge on any atom is 0.303 e. The lowest BCUT2D eigenvalue weighted by atomic mass is 10.1. The molecule has 0 radical (unpaired) electrons. The lowest BCUT2D eigenvalue weighted by Gasteiger charge is -2.11. The minimum atomic E-state index is -0.738. The Labute approximate surface area is 114 Å². The van der Waals surface area contributed by atoms with Crippen molar-refractivity contribution in [2.75, 3.05) is 13.7 Å². The van der Waals surface area contributed by atoms with Crippen LogP contribution in [0.4, 0.5) is 0 Å². The van der Waals surface area contributed by atoms with Crippen LogP contribution < -0.4 is 9.47 Å². The van der Waals surface area contributed by atoms with E-state index >= 15 is 0 Å². The summed E-state index contributed by atoms with van der Waals surface area (Å²) in [5.41, 5.74) is 1.21. The van der Waals surface area contributed by atoms with E-state index < -0.39 is 5.97 Å². The van der Waals surface area contributed by atoms with Gasteiger partial charge in [0.2, 0.25) is 0 Å². The smallest absolute Gasteiger partial charge is 0.303 e. The zero-order valence-electron chi connectivity index (χ0n) is 11.6. The molecule has 0 unspecified atom stereocenters. The van der Waals surface area contributed by atoms with Gasteiger partial charge >= 0.3 is 5.97 Å². The zero-order chi connectivity index (χ0) is 14.1. The third-order valence-electron chi connectivity index (χ3n) is 2.93. The number of methoxy groups -OCH3 is 1. The third kappa shape index (κ3) is 5.64. The molecule has 0 amide bonds. The number of aryl methyl sites for hydroxylation is 1. The Bertz CT molecular complexity index is 401. The SMILES string of the molecule is CCc1ccc(OCCCCCC(=O)O)c(OC)c1. The predicted molar refractivity (Wildman–Crippen MR) is 74.0 cm³/mol. The van der Waals surface area contributed by atoms with Crippen LogP contribution in [0.1, 0.15) is 38.2 Å². The molecular formula is C15H22O4. The molecule has 0 aliphatic heterocycles. The summed E-state index contributed by atoms with van der Waals surface area (Å²) in [5.74, 6) is 0.764. The molecule has 19 heavy (non-hydrogen) atoms. The summed E-state index contributed by atoms with van der Waals surface area (Å²) >= 11 is 0. The van der Waals surface area contributed by atoms with E-state index in [1.165, 1.54) is 5.56 Å². The van der Waals surface area contributed by atoms with E-state index in [9.17, 15) is 4.79 Å². The summed E-state index contributed by atoms with van der Waals surface area (Å²) in [6, 6.07) is 5.94. The fourth-order valence-corrected chi connectivity index (χ4v) is 1.79. The molecule has 4 heteroatoms. The number of carboxylic acid groups (broad SMARTS) is 1. The topological polar surface area (TPSA) is 55.8 Å². The molecule has 0 aliphatic rings. The molecule has 0 saturated heterocycles. The normalized spacial score (nSPS) is 10.2. The molecule has 1 aromatic rings. The van der Waals surface area contributed by atoms with Gasteiger partial charge in [0.15, 0.2) is 11.5 Å². The zero-order valence-corrected chi connectivity index (χ0v) is 11.6. The Kier molecular flexibility index (Phi) is 6.79. The van der Waals surface area contributed by atoms with Crippen molar-refractivity contribution in [2.24, 2.45) is 0 Å². The first-order valence-corrected chi connectivity index (χ1v) is 6.69. The van der Waals surface area contributed by atoms with Gasteiger partial charge in [0, 0.05) is 6.42 Å². The molecule has 0 aromatic heterocycles. The Morgan fingerprint density at radius 2 is 2.00 bits per heavy atom. The molecular weight excluding hydrogens is 244 g/mol. The number of hydrogen-bond acceptors (Lipinski definition) is 3. The van der Waals surface area contributed by atoms with Gasteiger partial charge in [0.25, 0.3) is 0 Å². The monoisotopic (exact) mass is 266 g/mol.